The van der Waals surface area contributed by atoms with Gasteiger partial charge in [-0.2, -0.15) is 4.72 Å². The van der Waals surface area contributed by atoms with Gasteiger partial charge in [0.1, 0.15) is 11.5 Å². The fraction of sp³-hybridized carbons (Fsp3) is 0.227. The van der Waals surface area contributed by atoms with Crippen LogP contribution in [0.2, 0.25) is 0 Å². The molecule has 0 spiro atoms. The van der Waals surface area contributed by atoms with Crippen molar-refractivity contribution in [3.05, 3.63) is 83.8 Å². The van der Waals surface area contributed by atoms with Crippen LogP contribution in [0, 0.1) is 6.92 Å². The third-order valence-corrected chi connectivity index (χ3v) is 6.06. The fourth-order valence-corrected chi connectivity index (χ4v) is 4.17. The predicted molar refractivity (Wildman–Crippen MR) is 112 cm³/mol. The molecular formula is C22H24N2O5S. The zero-order valence-corrected chi connectivity index (χ0v) is 17.6. The summed E-state index contributed by atoms with van der Waals surface area (Å²) in [7, 11) is -2.27. The monoisotopic (exact) mass is 428 g/mol. The molecule has 3 aromatic rings. The smallest absolute Gasteiger partial charge is 0.241 e. The highest BCUT2D eigenvalue weighted by Gasteiger charge is 2.25. The molecule has 2 aromatic carbocycles. The SMILES string of the molecule is COc1ccccc1CNC(=O)C[C@@H](NS(=O)(=O)c1ccc(C)cc1)c1ccco1. The summed E-state index contributed by atoms with van der Waals surface area (Å²) in [6.45, 7) is 2.14. The molecule has 0 saturated carbocycles. The number of methoxy groups -OCH3 is 1. The standard InChI is InChI=1S/C22H24N2O5S/c1-16-9-11-18(12-10-16)30(26,27)24-19(21-8-5-13-29-21)14-22(25)23-15-17-6-3-4-7-20(17)28-2/h3-13,19,24H,14-15H2,1-2H3,(H,23,25)/t19-/m1/s1. The molecular weight excluding hydrogens is 404 g/mol. The maximum absolute atomic E-state index is 12.8. The minimum Gasteiger partial charge on any atom is -0.496 e. The summed E-state index contributed by atoms with van der Waals surface area (Å²) in [4.78, 5) is 12.7. The third-order valence-electron chi connectivity index (χ3n) is 4.57. The van der Waals surface area contributed by atoms with E-state index in [4.69, 9.17) is 9.15 Å². The summed E-state index contributed by atoms with van der Waals surface area (Å²) in [5, 5.41) is 2.80. The first kappa shape index (κ1) is 21.6. The van der Waals surface area contributed by atoms with Crippen molar-refractivity contribution in [2.45, 2.75) is 30.8 Å². The molecule has 0 aliphatic carbocycles. The summed E-state index contributed by atoms with van der Waals surface area (Å²) in [6.07, 6.45) is 1.32. The van der Waals surface area contributed by atoms with Gasteiger partial charge < -0.3 is 14.5 Å². The molecule has 0 saturated heterocycles. The van der Waals surface area contributed by atoms with E-state index in [9.17, 15) is 13.2 Å². The first-order chi connectivity index (χ1) is 14.4. The van der Waals surface area contributed by atoms with Crippen molar-refractivity contribution in [3.63, 3.8) is 0 Å². The van der Waals surface area contributed by atoms with E-state index in [1.54, 1.807) is 31.4 Å². The van der Waals surface area contributed by atoms with Crippen LogP contribution in [0.4, 0.5) is 0 Å². The number of amides is 1. The Kier molecular flexibility index (Phi) is 6.91. The summed E-state index contributed by atoms with van der Waals surface area (Å²) >= 11 is 0. The fourth-order valence-electron chi connectivity index (χ4n) is 2.96. The van der Waals surface area contributed by atoms with Gasteiger partial charge >= 0.3 is 0 Å². The molecule has 1 atom stereocenters. The van der Waals surface area contributed by atoms with Gasteiger partial charge in [-0.3, -0.25) is 4.79 Å². The van der Waals surface area contributed by atoms with Crippen molar-refractivity contribution in [2.75, 3.05) is 7.11 Å². The van der Waals surface area contributed by atoms with E-state index in [0.29, 0.717) is 11.5 Å². The molecule has 0 aliphatic rings. The van der Waals surface area contributed by atoms with Crippen molar-refractivity contribution in [2.24, 2.45) is 0 Å². The molecule has 1 heterocycles. The van der Waals surface area contributed by atoms with Gasteiger partial charge in [0, 0.05) is 12.1 Å². The molecule has 0 bridgehead atoms. The lowest BCUT2D eigenvalue weighted by molar-refractivity contribution is -0.121. The van der Waals surface area contributed by atoms with E-state index in [0.717, 1.165) is 11.1 Å². The van der Waals surface area contributed by atoms with Gasteiger partial charge in [0.05, 0.1) is 30.7 Å². The minimum atomic E-state index is -3.84. The average Bonchev–Trinajstić information content (AvgIpc) is 3.27. The topological polar surface area (TPSA) is 97.6 Å². The number of nitrogens with one attached hydrogen (secondary N) is 2. The Morgan fingerprint density at radius 1 is 1.07 bits per heavy atom. The normalized spacial score (nSPS) is 12.3. The van der Waals surface area contributed by atoms with Crippen LogP contribution in [0.3, 0.4) is 0 Å². The molecule has 0 aliphatic heterocycles. The highest BCUT2D eigenvalue weighted by molar-refractivity contribution is 7.89. The lowest BCUT2D eigenvalue weighted by Crippen LogP contribution is -2.33. The number of ether oxygens (including phenoxy) is 1. The van der Waals surface area contributed by atoms with Crippen LogP contribution in [0.25, 0.3) is 0 Å². The van der Waals surface area contributed by atoms with Gasteiger partial charge in [0.2, 0.25) is 15.9 Å². The highest BCUT2D eigenvalue weighted by Crippen LogP contribution is 2.22. The van der Waals surface area contributed by atoms with Gasteiger partial charge in [0.15, 0.2) is 0 Å². The van der Waals surface area contributed by atoms with Crippen molar-refractivity contribution in [1.82, 2.24) is 10.0 Å². The maximum Gasteiger partial charge on any atom is 0.241 e. The summed E-state index contributed by atoms with van der Waals surface area (Å²) in [5.41, 5.74) is 1.77. The van der Waals surface area contributed by atoms with Gasteiger partial charge in [-0.15, -0.1) is 0 Å². The zero-order valence-electron chi connectivity index (χ0n) is 16.8. The van der Waals surface area contributed by atoms with Gasteiger partial charge in [-0.25, -0.2) is 8.42 Å². The first-order valence-electron chi connectivity index (χ1n) is 9.40. The molecule has 0 radical (unpaired) electrons. The van der Waals surface area contributed by atoms with Crippen molar-refractivity contribution >= 4 is 15.9 Å². The first-order valence-corrected chi connectivity index (χ1v) is 10.9. The Balaban J connectivity index is 1.71. The largest absolute Gasteiger partial charge is 0.496 e. The van der Waals surface area contributed by atoms with E-state index >= 15 is 0 Å². The van der Waals surface area contributed by atoms with Crippen LogP contribution in [0.1, 0.15) is 29.3 Å². The van der Waals surface area contributed by atoms with Gasteiger partial charge in [-0.05, 0) is 37.3 Å². The third kappa shape index (κ3) is 5.49. The number of hydrogen-bond acceptors (Lipinski definition) is 5. The molecule has 3 rings (SSSR count). The second-order valence-electron chi connectivity index (χ2n) is 6.80. The van der Waals surface area contributed by atoms with Crippen molar-refractivity contribution in [1.29, 1.82) is 0 Å². The van der Waals surface area contributed by atoms with Crippen molar-refractivity contribution in [3.8, 4) is 5.75 Å². The van der Waals surface area contributed by atoms with E-state index in [1.165, 1.54) is 18.4 Å². The van der Waals surface area contributed by atoms with Crippen LogP contribution in [0.15, 0.2) is 76.2 Å². The lowest BCUT2D eigenvalue weighted by atomic mass is 10.1. The molecule has 0 fully saturated rings. The van der Waals surface area contributed by atoms with Gasteiger partial charge in [0.25, 0.3) is 0 Å². The van der Waals surface area contributed by atoms with E-state index < -0.39 is 16.1 Å². The Bertz CT molecular complexity index is 1080. The van der Waals surface area contributed by atoms with Crippen molar-refractivity contribution < 1.29 is 22.4 Å². The molecule has 30 heavy (non-hydrogen) atoms. The number of benzene rings is 2. The summed E-state index contributed by atoms with van der Waals surface area (Å²) in [6, 6.07) is 16.3. The Morgan fingerprint density at radius 2 is 1.80 bits per heavy atom. The molecule has 7 nitrogen and oxygen atoms in total. The number of carbonyl (C=O) groups excluding carboxylic acids is 1. The van der Waals surface area contributed by atoms with E-state index in [-0.39, 0.29) is 23.8 Å². The van der Waals surface area contributed by atoms with Crippen LogP contribution >= 0.6 is 0 Å². The van der Waals surface area contributed by atoms with Gasteiger partial charge in [-0.1, -0.05) is 35.9 Å². The minimum absolute atomic E-state index is 0.117. The highest BCUT2D eigenvalue weighted by atomic mass is 32.2. The van der Waals surface area contributed by atoms with Crippen LogP contribution < -0.4 is 14.8 Å². The number of rotatable bonds is 9. The van der Waals surface area contributed by atoms with Crippen LogP contribution in [0.5, 0.6) is 5.75 Å². The Hall–Kier alpha value is -3.10. The number of para-hydroxylation sites is 1. The second-order valence-corrected chi connectivity index (χ2v) is 8.51. The number of furan rings is 1. The summed E-state index contributed by atoms with van der Waals surface area (Å²) in [5.74, 6) is 0.701. The number of carbonyl (C=O) groups is 1. The number of aryl methyl sites for hydroxylation is 1. The number of sulfonamides is 1. The molecule has 8 heteroatoms. The Labute approximate surface area is 176 Å². The molecule has 1 amide bonds. The second kappa shape index (κ2) is 9.60. The van der Waals surface area contributed by atoms with Crippen LogP contribution in [-0.2, 0) is 21.4 Å². The summed E-state index contributed by atoms with van der Waals surface area (Å²) < 4.78 is 38.8. The average molecular weight is 429 g/mol. The number of hydrogen-bond donors (Lipinski definition) is 2. The van der Waals surface area contributed by atoms with E-state index in [2.05, 4.69) is 10.0 Å². The maximum atomic E-state index is 12.8. The molecule has 1 aromatic heterocycles. The lowest BCUT2D eigenvalue weighted by Gasteiger charge is -2.17. The quantitative estimate of drug-likeness (QED) is 0.545. The zero-order chi connectivity index (χ0) is 21.6. The molecule has 158 valence electrons. The van der Waals surface area contributed by atoms with E-state index in [1.807, 2.05) is 31.2 Å². The molecule has 0 unspecified atom stereocenters. The molecule has 2 N–H and O–H groups in total. The van der Waals surface area contributed by atoms with Crippen LogP contribution in [-0.4, -0.2) is 21.4 Å². The Morgan fingerprint density at radius 3 is 2.47 bits per heavy atom. The predicted octanol–water partition coefficient (Wildman–Crippen LogP) is 3.32.